The van der Waals surface area contributed by atoms with Crippen LogP contribution in [0.25, 0.3) is 11.3 Å². The smallest absolute Gasteiger partial charge is 0.0963 e. The number of hydrogen-bond donors (Lipinski definition) is 0. The van der Waals surface area contributed by atoms with E-state index in [1.165, 1.54) is 36.3 Å². The van der Waals surface area contributed by atoms with Crippen molar-refractivity contribution < 1.29 is 0 Å². The van der Waals surface area contributed by atoms with Crippen molar-refractivity contribution in [2.75, 3.05) is 0 Å². The fourth-order valence-electron chi connectivity index (χ4n) is 2.44. The van der Waals surface area contributed by atoms with Crippen LogP contribution < -0.4 is 0 Å². The van der Waals surface area contributed by atoms with Crippen LogP contribution in [0.3, 0.4) is 0 Å². The van der Waals surface area contributed by atoms with Gasteiger partial charge in [-0.3, -0.25) is 0 Å². The summed E-state index contributed by atoms with van der Waals surface area (Å²) >= 11 is 5.41. The van der Waals surface area contributed by atoms with Gasteiger partial charge in [-0.1, -0.05) is 47.0 Å². The highest BCUT2D eigenvalue weighted by molar-refractivity contribution is 9.10. The van der Waals surface area contributed by atoms with E-state index < -0.39 is 0 Å². The summed E-state index contributed by atoms with van der Waals surface area (Å²) in [6.45, 7) is 0. The number of benzene rings is 1. The van der Waals surface area contributed by atoms with E-state index in [2.05, 4.69) is 39.5 Å². The topological polar surface area (TPSA) is 12.9 Å². The highest BCUT2D eigenvalue weighted by atomic mass is 79.9. The molecule has 1 aromatic heterocycles. The predicted molar refractivity (Wildman–Crippen MR) is 76.5 cm³/mol. The van der Waals surface area contributed by atoms with E-state index in [4.69, 9.17) is 4.98 Å². The molecule has 17 heavy (non-hydrogen) atoms. The van der Waals surface area contributed by atoms with Gasteiger partial charge < -0.3 is 0 Å². The molecule has 0 amide bonds. The van der Waals surface area contributed by atoms with Crippen molar-refractivity contribution in [2.45, 2.75) is 31.6 Å². The Labute approximate surface area is 114 Å². The monoisotopic (exact) mass is 307 g/mol. The van der Waals surface area contributed by atoms with Crippen LogP contribution in [-0.4, -0.2) is 4.98 Å². The van der Waals surface area contributed by atoms with Crippen molar-refractivity contribution in [3.63, 3.8) is 0 Å². The second-order valence-corrected chi connectivity index (χ2v) is 6.28. The van der Waals surface area contributed by atoms with Crippen molar-refractivity contribution in [3.05, 3.63) is 39.1 Å². The number of nitrogens with zero attached hydrogens (tertiary/aromatic N) is 1. The summed E-state index contributed by atoms with van der Waals surface area (Å²) in [6, 6.07) is 8.30. The molecule has 1 heterocycles. The Kier molecular flexibility index (Phi) is 3.30. The number of thiazole rings is 1. The van der Waals surface area contributed by atoms with Crippen LogP contribution in [0.15, 0.2) is 34.1 Å². The molecule has 1 saturated carbocycles. The zero-order chi connectivity index (χ0) is 11.7. The zero-order valence-electron chi connectivity index (χ0n) is 9.53. The molecule has 1 fully saturated rings. The summed E-state index contributed by atoms with van der Waals surface area (Å²) in [7, 11) is 0. The minimum absolute atomic E-state index is 0.719. The molecule has 0 saturated heterocycles. The maximum atomic E-state index is 4.81. The third-order valence-electron chi connectivity index (χ3n) is 3.38. The fraction of sp³-hybridized carbons (Fsp3) is 0.357. The van der Waals surface area contributed by atoms with E-state index in [0.29, 0.717) is 0 Å². The van der Waals surface area contributed by atoms with Gasteiger partial charge in [0.1, 0.15) is 0 Å². The van der Waals surface area contributed by atoms with Crippen LogP contribution in [0.4, 0.5) is 0 Å². The van der Waals surface area contributed by atoms with E-state index >= 15 is 0 Å². The average Bonchev–Trinajstić information content (AvgIpc) is 3.00. The number of hydrogen-bond acceptors (Lipinski definition) is 2. The van der Waals surface area contributed by atoms with Gasteiger partial charge in [0.2, 0.25) is 0 Å². The first-order chi connectivity index (χ1) is 8.34. The Balaban J connectivity index is 1.92. The summed E-state index contributed by atoms with van der Waals surface area (Å²) in [5.41, 5.74) is 2.32. The van der Waals surface area contributed by atoms with E-state index in [0.717, 1.165) is 16.1 Å². The molecule has 88 valence electrons. The molecule has 1 aliphatic carbocycles. The Morgan fingerprint density at radius 2 is 1.94 bits per heavy atom. The Morgan fingerprint density at radius 1 is 1.18 bits per heavy atom. The first kappa shape index (κ1) is 11.4. The molecule has 0 bridgehead atoms. The number of aromatic nitrogens is 1. The van der Waals surface area contributed by atoms with Crippen LogP contribution >= 0.6 is 27.3 Å². The van der Waals surface area contributed by atoms with Crippen molar-refractivity contribution in [1.82, 2.24) is 4.98 Å². The van der Waals surface area contributed by atoms with Crippen molar-refractivity contribution in [3.8, 4) is 11.3 Å². The highest BCUT2D eigenvalue weighted by Crippen LogP contribution is 2.38. The lowest BCUT2D eigenvalue weighted by Crippen LogP contribution is -1.90. The fourth-order valence-corrected chi connectivity index (χ4v) is 3.92. The molecular weight excluding hydrogens is 294 g/mol. The van der Waals surface area contributed by atoms with Crippen LogP contribution in [-0.2, 0) is 0 Å². The average molecular weight is 308 g/mol. The minimum atomic E-state index is 0.719. The molecular formula is C14H14BrNS. The summed E-state index contributed by atoms with van der Waals surface area (Å²) in [6.07, 6.45) is 5.38. The molecule has 1 aromatic carbocycles. The number of rotatable bonds is 2. The van der Waals surface area contributed by atoms with Crippen LogP contribution in [0.2, 0.25) is 0 Å². The Hall–Kier alpha value is -0.670. The van der Waals surface area contributed by atoms with E-state index in [1.54, 1.807) is 0 Å². The second kappa shape index (κ2) is 4.91. The van der Waals surface area contributed by atoms with E-state index in [-0.39, 0.29) is 0 Å². The SMILES string of the molecule is Brc1ccccc1-c1csc(C2CCCC2)n1. The van der Waals surface area contributed by atoms with Gasteiger partial charge >= 0.3 is 0 Å². The molecule has 3 rings (SSSR count). The summed E-state index contributed by atoms with van der Waals surface area (Å²) in [4.78, 5) is 4.81. The lowest BCUT2D eigenvalue weighted by molar-refractivity contribution is 0.717. The van der Waals surface area contributed by atoms with Gasteiger partial charge in [-0.25, -0.2) is 4.98 Å². The third kappa shape index (κ3) is 2.31. The quantitative estimate of drug-likeness (QED) is 0.740. The zero-order valence-corrected chi connectivity index (χ0v) is 11.9. The molecule has 1 aliphatic rings. The Bertz CT molecular complexity index is 514. The van der Waals surface area contributed by atoms with Crippen molar-refractivity contribution in [1.29, 1.82) is 0 Å². The standard InChI is InChI=1S/C14H14BrNS/c15-12-8-4-3-7-11(12)13-9-17-14(16-13)10-5-1-2-6-10/h3-4,7-10H,1-2,5-6H2. The van der Waals surface area contributed by atoms with Crippen molar-refractivity contribution >= 4 is 27.3 Å². The van der Waals surface area contributed by atoms with Crippen molar-refractivity contribution in [2.24, 2.45) is 0 Å². The van der Waals surface area contributed by atoms with Gasteiger partial charge in [-0.15, -0.1) is 11.3 Å². The lowest BCUT2D eigenvalue weighted by Gasteiger charge is -2.03. The van der Waals surface area contributed by atoms with Crippen LogP contribution in [0.1, 0.15) is 36.6 Å². The van der Waals surface area contributed by atoms with Gasteiger partial charge in [0.05, 0.1) is 10.7 Å². The Morgan fingerprint density at radius 3 is 2.71 bits per heavy atom. The highest BCUT2D eigenvalue weighted by Gasteiger charge is 2.20. The second-order valence-electron chi connectivity index (χ2n) is 4.53. The molecule has 0 N–H and O–H groups in total. The summed E-state index contributed by atoms with van der Waals surface area (Å²) in [5.74, 6) is 0.719. The largest absolute Gasteiger partial charge is 0.241 e. The molecule has 0 unspecified atom stereocenters. The molecule has 3 heteroatoms. The minimum Gasteiger partial charge on any atom is -0.241 e. The summed E-state index contributed by atoms with van der Waals surface area (Å²) < 4.78 is 1.13. The predicted octanol–water partition coefficient (Wildman–Crippen LogP) is 5.23. The maximum absolute atomic E-state index is 4.81. The molecule has 2 aromatic rings. The number of halogens is 1. The van der Waals surface area contributed by atoms with Gasteiger partial charge in [0.15, 0.2) is 0 Å². The van der Waals surface area contributed by atoms with Crippen LogP contribution in [0, 0.1) is 0 Å². The third-order valence-corrected chi connectivity index (χ3v) is 5.07. The summed E-state index contributed by atoms with van der Waals surface area (Å²) in [5, 5.41) is 3.52. The van der Waals surface area contributed by atoms with Crippen LogP contribution in [0.5, 0.6) is 0 Å². The maximum Gasteiger partial charge on any atom is 0.0963 e. The molecule has 0 atom stereocenters. The van der Waals surface area contributed by atoms with E-state index in [9.17, 15) is 0 Å². The first-order valence-corrected chi connectivity index (χ1v) is 7.72. The normalized spacial score (nSPS) is 16.5. The van der Waals surface area contributed by atoms with Gasteiger partial charge in [0.25, 0.3) is 0 Å². The molecule has 1 nitrogen and oxygen atoms in total. The molecule has 0 radical (unpaired) electrons. The molecule has 0 aliphatic heterocycles. The van der Waals surface area contributed by atoms with Gasteiger partial charge in [0, 0.05) is 21.3 Å². The van der Waals surface area contributed by atoms with Gasteiger partial charge in [-0.05, 0) is 18.9 Å². The lowest BCUT2D eigenvalue weighted by atomic mass is 10.1. The molecule has 0 spiro atoms. The van der Waals surface area contributed by atoms with E-state index in [1.807, 2.05) is 17.4 Å². The first-order valence-electron chi connectivity index (χ1n) is 6.05. The van der Waals surface area contributed by atoms with Gasteiger partial charge in [-0.2, -0.15) is 0 Å².